The Labute approximate surface area is 114 Å². The summed E-state index contributed by atoms with van der Waals surface area (Å²) in [5.74, 6) is 1.09. The van der Waals surface area contributed by atoms with Crippen LogP contribution >= 0.6 is 0 Å². The number of piperidine rings is 1. The van der Waals surface area contributed by atoms with E-state index in [1.165, 1.54) is 11.1 Å². The van der Waals surface area contributed by atoms with Crippen molar-refractivity contribution < 1.29 is 8.78 Å². The molecule has 0 aromatic heterocycles. The van der Waals surface area contributed by atoms with E-state index in [4.69, 9.17) is 0 Å². The van der Waals surface area contributed by atoms with Gasteiger partial charge in [0.05, 0.1) is 6.54 Å². The smallest absolute Gasteiger partial charge is 0.251 e. The maximum atomic E-state index is 12.3. The lowest BCUT2D eigenvalue weighted by molar-refractivity contribution is 0.0754. The normalized spacial score (nSPS) is 18.4. The number of hydrogen-bond acceptors (Lipinski definition) is 1. The van der Waals surface area contributed by atoms with Crippen LogP contribution in [0.25, 0.3) is 0 Å². The van der Waals surface area contributed by atoms with E-state index in [9.17, 15) is 8.78 Å². The van der Waals surface area contributed by atoms with Crippen molar-refractivity contribution >= 4 is 0 Å². The Balaban J connectivity index is 1.90. The van der Waals surface area contributed by atoms with Crippen molar-refractivity contribution in [1.82, 2.24) is 4.90 Å². The summed E-state index contributed by atoms with van der Waals surface area (Å²) in [6, 6.07) is 8.82. The molecule has 19 heavy (non-hydrogen) atoms. The van der Waals surface area contributed by atoms with Gasteiger partial charge < -0.3 is 0 Å². The number of rotatable bonds is 4. The Kier molecular flexibility index (Phi) is 4.92. The van der Waals surface area contributed by atoms with Crippen LogP contribution in [0.15, 0.2) is 24.3 Å². The molecule has 1 aromatic carbocycles. The van der Waals surface area contributed by atoms with E-state index in [-0.39, 0.29) is 6.54 Å². The highest BCUT2D eigenvalue weighted by Crippen LogP contribution is 2.29. The van der Waals surface area contributed by atoms with Gasteiger partial charge in [-0.05, 0) is 48.9 Å². The largest absolute Gasteiger partial charge is 0.298 e. The molecule has 0 amide bonds. The van der Waals surface area contributed by atoms with E-state index < -0.39 is 6.43 Å². The van der Waals surface area contributed by atoms with Crippen LogP contribution in [0.2, 0.25) is 0 Å². The van der Waals surface area contributed by atoms with Crippen LogP contribution in [0.4, 0.5) is 8.78 Å². The highest BCUT2D eigenvalue weighted by Gasteiger charge is 2.22. The Morgan fingerprint density at radius 3 is 2.16 bits per heavy atom. The molecule has 3 heteroatoms. The minimum absolute atomic E-state index is 0.0704. The molecule has 0 saturated carbocycles. The van der Waals surface area contributed by atoms with Gasteiger partial charge in [-0.1, -0.05) is 38.1 Å². The van der Waals surface area contributed by atoms with Crippen molar-refractivity contribution in [1.29, 1.82) is 0 Å². The second-order valence-corrected chi connectivity index (χ2v) is 5.79. The zero-order valence-electron chi connectivity index (χ0n) is 11.8. The van der Waals surface area contributed by atoms with Crippen molar-refractivity contribution in [2.75, 3.05) is 19.6 Å². The van der Waals surface area contributed by atoms with Gasteiger partial charge in [-0.2, -0.15) is 0 Å². The van der Waals surface area contributed by atoms with Gasteiger partial charge >= 0.3 is 0 Å². The zero-order chi connectivity index (χ0) is 13.8. The van der Waals surface area contributed by atoms with Gasteiger partial charge in [-0.25, -0.2) is 8.78 Å². The molecule has 0 radical (unpaired) electrons. The molecular weight excluding hydrogens is 244 g/mol. The van der Waals surface area contributed by atoms with Crippen molar-refractivity contribution in [3.05, 3.63) is 35.4 Å². The lowest BCUT2D eigenvalue weighted by Crippen LogP contribution is -2.36. The number of halogens is 2. The molecule has 1 fully saturated rings. The monoisotopic (exact) mass is 267 g/mol. The van der Waals surface area contributed by atoms with Crippen LogP contribution in [-0.4, -0.2) is 31.0 Å². The van der Waals surface area contributed by atoms with Crippen molar-refractivity contribution in [2.45, 2.75) is 45.0 Å². The van der Waals surface area contributed by atoms with Gasteiger partial charge in [0, 0.05) is 0 Å². The van der Waals surface area contributed by atoms with Gasteiger partial charge in [0.15, 0.2) is 0 Å². The first-order chi connectivity index (χ1) is 9.06. The molecule has 0 bridgehead atoms. The fourth-order valence-electron chi connectivity index (χ4n) is 2.80. The van der Waals surface area contributed by atoms with Crippen LogP contribution in [-0.2, 0) is 0 Å². The third kappa shape index (κ3) is 4.00. The van der Waals surface area contributed by atoms with Crippen molar-refractivity contribution in [3.8, 4) is 0 Å². The molecule has 1 heterocycles. The quantitative estimate of drug-likeness (QED) is 0.788. The number of benzene rings is 1. The molecule has 1 aromatic rings. The summed E-state index contributed by atoms with van der Waals surface area (Å²) in [6.07, 6.45) is -0.219. The van der Waals surface area contributed by atoms with Crippen molar-refractivity contribution in [3.63, 3.8) is 0 Å². The lowest BCUT2D eigenvalue weighted by Gasteiger charge is -2.32. The summed E-state index contributed by atoms with van der Waals surface area (Å²) in [5.41, 5.74) is 2.72. The predicted octanol–water partition coefficient (Wildman–Crippen LogP) is 4.25. The Morgan fingerprint density at radius 2 is 1.68 bits per heavy atom. The predicted molar refractivity (Wildman–Crippen MR) is 75.0 cm³/mol. The second kappa shape index (κ2) is 6.47. The number of alkyl halides is 2. The molecule has 0 atom stereocenters. The Morgan fingerprint density at radius 1 is 1.11 bits per heavy atom. The molecule has 1 saturated heterocycles. The van der Waals surface area contributed by atoms with Crippen LogP contribution in [0.1, 0.15) is 49.7 Å². The summed E-state index contributed by atoms with van der Waals surface area (Å²) < 4.78 is 24.6. The van der Waals surface area contributed by atoms with Crippen LogP contribution in [0.3, 0.4) is 0 Å². The zero-order valence-corrected chi connectivity index (χ0v) is 11.8. The molecule has 1 aliphatic heterocycles. The van der Waals surface area contributed by atoms with Gasteiger partial charge in [-0.15, -0.1) is 0 Å². The van der Waals surface area contributed by atoms with E-state index in [1.54, 1.807) is 0 Å². The lowest BCUT2D eigenvalue weighted by atomic mass is 9.88. The molecule has 2 rings (SSSR count). The van der Waals surface area contributed by atoms with Crippen LogP contribution in [0, 0.1) is 0 Å². The molecule has 1 aliphatic rings. The highest BCUT2D eigenvalue weighted by molar-refractivity contribution is 5.27. The van der Waals surface area contributed by atoms with E-state index in [1.807, 2.05) is 4.90 Å². The molecule has 1 nitrogen and oxygen atoms in total. The topological polar surface area (TPSA) is 3.24 Å². The van der Waals surface area contributed by atoms with Gasteiger partial charge in [0.25, 0.3) is 6.43 Å². The van der Waals surface area contributed by atoms with E-state index >= 15 is 0 Å². The number of likely N-dealkylation sites (tertiary alicyclic amines) is 1. The summed E-state index contributed by atoms with van der Waals surface area (Å²) >= 11 is 0. The molecule has 0 aliphatic carbocycles. The molecule has 0 spiro atoms. The molecule has 0 N–H and O–H groups in total. The molecular formula is C16H23F2N. The van der Waals surface area contributed by atoms with E-state index in [0.717, 1.165) is 25.9 Å². The highest BCUT2D eigenvalue weighted by atomic mass is 19.3. The summed E-state index contributed by atoms with van der Waals surface area (Å²) in [6.45, 7) is 5.90. The first-order valence-electron chi connectivity index (χ1n) is 7.16. The maximum Gasteiger partial charge on any atom is 0.251 e. The number of hydrogen-bond donors (Lipinski definition) is 0. The standard InChI is InChI=1S/C16H23F2N/c1-12(2)13-3-5-14(6-4-13)15-7-9-19(10-8-15)11-16(17)18/h3-6,12,15-16H,7-11H2,1-2H3. The second-order valence-electron chi connectivity index (χ2n) is 5.79. The minimum atomic E-state index is -2.21. The minimum Gasteiger partial charge on any atom is -0.298 e. The van der Waals surface area contributed by atoms with Crippen LogP contribution in [0.5, 0.6) is 0 Å². The third-order valence-corrected chi connectivity index (χ3v) is 4.06. The van der Waals surface area contributed by atoms with Crippen molar-refractivity contribution in [2.24, 2.45) is 0 Å². The van der Waals surface area contributed by atoms with Gasteiger partial charge in [0.2, 0.25) is 0 Å². The Bertz CT molecular complexity index is 378. The average molecular weight is 267 g/mol. The van der Waals surface area contributed by atoms with E-state index in [0.29, 0.717) is 11.8 Å². The van der Waals surface area contributed by atoms with E-state index in [2.05, 4.69) is 38.1 Å². The summed E-state index contributed by atoms with van der Waals surface area (Å²) in [4.78, 5) is 1.88. The fourth-order valence-corrected chi connectivity index (χ4v) is 2.80. The Hall–Kier alpha value is -0.960. The third-order valence-electron chi connectivity index (χ3n) is 4.06. The fraction of sp³-hybridized carbons (Fsp3) is 0.625. The first-order valence-corrected chi connectivity index (χ1v) is 7.16. The van der Waals surface area contributed by atoms with Gasteiger partial charge in [-0.3, -0.25) is 4.90 Å². The summed E-state index contributed by atoms with van der Waals surface area (Å²) in [5, 5.41) is 0. The first kappa shape index (κ1) is 14.4. The molecule has 106 valence electrons. The van der Waals surface area contributed by atoms with Gasteiger partial charge in [0.1, 0.15) is 0 Å². The summed E-state index contributed by atoms with van der Waals surface area (Å²) in [7, 11) is 0. The average Bonchev–Trinajstić information content (AvgIpc) is 2.39. The van der Waals surface area contributed by atoms with Crippen LogP contribution < -0.4 is 0 Å². The molecule has 0 unspecified atom stereocenters. The maximum absolute atomic E-state index is 12.3. The SMILES string of the molecule is CC(C)c1ccc(C2CCN(CC(F)F)CC2)cc1. The number of nitrogens with zero attached hydrogens (tertiary/aromatic N) is 1.